The van der Waals surface area contributed by atoms with Crippen LogP contribution in [0.15, 0.2) is 11.1 Å². The molecule has 0 aliphatic heterocycles. The lowest BCUT2D eigenvalue weighted by molar-refractivity contribution is 0.711. The van der Waals surface area contributed by atoms with Crippen molar-refractivity contribution in [3.05, 3.63) is 11.1 Å². The van der Waals surface area contributed by atoms with Gasteiger partial charge >= 0.3 is 0 Å². The summed E-state index contributed by atoms with van der Waals surface area (Å²) in [7, 11) is 5.79. The molecule has 0 heterocycles. The average Bonchev–Trinajstić information content (AvgIpc) is 1.88. The number of rotatable bonds is 3. The van der Waals surface area contributed by atoms with Crippen molar-refractivity contribution in [3.63, 3.8) is 0 Å². The Kier molecular flexibility index (Phi) is 4.55. The van der Waals surface area contributed by atoms with Gasteiger partial charge in [0.05, 0.1) is 7.85 Å². The first kappa shape index (κ1) is 10.8. The maximum atomic E-state index is 5.79. The molecule has 1 atom stereocenters. The molecule has 62 valence electrons. The van der Waals surface area contributed by atoms with E-state index >= 15 is 0 Å². The minimum absolute atomic E-state index is 0.215. The summed E-state index contributed by atoms with van der Waals surface area (Å²) in [6.45, 7) is 10.8. The Morgan fingerprint density at radius 3 is 1.82 bits per heavy atom. The van der Waals surface area contributed by atoms with E-state index in [1.54, 1.807) is 0 Å². The van der Waals surface area contributed by atoms with E-state index < -0.39 is 0 Å². The second kappa shape index (κ2) is 4.64. The van der Waals surface area contributed by atoms with Crippen molar-refractivity contribution in [2.45, 2.75) is 46.9 Å². The molecule has 0 bridgehead atoms. The Morgan fingerprint density at radius 2 is 1.73 bits per heavy atom. The highest BCUT2D eigenvalue weighted by Crippen LogP contribution is 2.24. The van der Waals surface area contributed by atoms with Crippen LogP contribution in [0.4, 0.5) is 0 Å². The van der Waals surface area contributed by atoms with Gasteiger partial charge in [0, 0.05) is 0 Å². The Bertz CT molecular complexity index is 143. The molecule has 2 radical (unpaired) electrons. The van der Waals surface area contributed by atoms with Gasteiger partial charge in [-0.1, -0.05) is 44.7 Å². The van der Waals surface area contributed by atoms with E-state index in [1.807, 2.05) is 6.92 Å². The lowest BCUT2D eigenvalue weighted by Crippen LogP contribution is -2.00. The molecular weight excluding hydrogens is 131 g/mol. The molecule has 1 heteroatoms. The summed E-state index contributed by atoms with van der Waals surface area (Å²) < 4.78 is 0. The van der Waals surface area contributed by atoms with Gasteiger partial charge in [-0.25, -0.2) is 0 Å². The molecule has 0 N–H and O–H groups in total. The van der Waals surface area contributed by atoms with Crippen LogP contribution in [0.3, 0.4) is 0 Å². The predicted molar refractivity (Wildman–Crippen MR) is 53.0 cm³/mol. The maximum Gasteiger partial charge on any atom is 0.0755 e. The fraction of sp³-hybridized carbons (Fsp3) is 0.800. The molecule has 0 nitrogen and oxygen atoms in total. The summed E-state index contributed by atoms with van der Waals surface area (Å²) in [6.07, 6.45) is 1.13. The van der Waals surface area contributed by atoms with Crippen molar-refractivity contribution in [1.82, 2.24) is 0 Å². The Balaban J connectivity index is 4.54. The highest BCUT2D eigenvalue weighted by molar-refractivity contribution is 6.13. The zero-order valence-electron chi connectivity index (χ0n) is 8.44. The molecule has 0 aromatic rings. The molecule has 0 spiro atoms. The van der Waals surface area contributed by atoms with Gasteiger partial charge in [-0.05, 0) is 19.3 Å². The van der Waals surface area contributed by atoms with E-state index in [-0.39, 0.29) is 5.82 Å². The fourth-order valence-corrected chi connectivity index (χ4v) is 1.43. The van der Waals surface area contributed by atoms with Gasteiger partial charge in [-0.15, -0.1) is 0 Å². The fourth-order valence-electron chi connectivity index (χ4n) is 1.43. The summed E-state index contributed by atoms with van der Waals surface area (Å²) in [4.78, 5) is 0. The van der Waals surface area contributed by atoms with E-state index in [4.69, 9.17) is 7.85 Å². The lowest BCUT2D eigenvalue weighted by atomic mass is 9.78. The van der Waals surface area contributed by atoms with Gasteiger partial charge in [0.2, 0.25) is 0 Å². The SMILES string of the molecule is [B]C(C)/C(C)=C(\CC)C(C)C. The minimum atomic E-state index is 0.215. The van der Waals surface area contributed by atoms with Crippen LogP contribution in [0, 0.1) is 5.92 Å². The number of hydrogen-bond donors (Lipinski definition) is 0. The molecular formula is C10H19B. The molecule has 0 aliphatic rings. The normalized spacial score (nSPS) is 16.5. The molecule has 0 saturated carbocycles. The van der Waals surface area contributed by atoms with E-state index in [0.717, 1.165) is 6.42 Å². The van der Waals surface area contributed by atoms with Gasteiger partial charge in [0.1, 0.15) is 0 Å². The van der Waals surface area contributed by atoms with Crippen molar-refractivity contribution >= 4 is 7.85 Å². The number of allylic oxidation sites excluding steroid dienone is 2. The van der Waals surface area contributed by atoms with Gasteiger partial charge in [-0.3, -0.25) is 0 Å². The first-order valence-corrected chi connectivity index (χ1v) is 4.45. The zero-order chi connectivity index (χ0) is 9.02. The maximum absolute atomic E-state index is 5.79. The van der Waals surface area contributed by atoms with Crippen molar-refractivity contribution in [2.75, 3.05) is 0 Å². The largest absolute Gasteiger partial charge is 0.0797 e. The van der Waals surface area contributed by atoms with Crippen LogP contribution in [0.2, 0.25) is 5.82 Å². The number of hydrogen-bond acceptors (Lipinski definition) is 0. The summed E-state index contributed by atoms with van der Waals surface area (Å²) in [5, 5.41) is 0. The van der Waals surface area contributed by atoms with Gasteiger partial charge in [-0.2, -0.15) is 0 Å². The van der Waals surface area contributed by atoms with Crippen molar-refractivity contribution in [1.29, 1.82) is 0 Å². The highest BCUT2D eigenvalue weighted by atomic mass is 14.1. The predicted octanol–water partition coefficient (Wildman–Crippen LogP) is 3.35. The Morgan fingerprint density at radius 1 is 1.27 bits per heavy atom. The molecule has 0 aliphatic carbocycles. The molecule has 0 fully saturated rings. The molecule has 0 saturated heterocycles. The third-order valence-electron chi connectivity index (χ3n) is 2.27. The van der Waals surface area contributed by atoms with Crippen molar-refractivity contribution in [3.8, 4) is 0 Å². The Hall–Kier alpha value is -0.195. The molecule has 0 aromatic heterocycles. The summed E-state index contributed by atoms with van der Waals surface area (Å²) in [5.41, 5.74) is 2.88. The van der Waals surface area contributed by atoms with E-state index in [1.165, 1.54) is 11.1 Å². The van der Waals surface area contributed by atoms with E-state index in [9.17, 15) is 0 Å². The highest BCUT2D eigenvalue weighted by Gasteiger charge is 2.06. The second-order valence-electron chi connectivity index (χ2n) is 3.51. The second-order valence-corrected chi connectivity index (χ2v) is 3.51. The zero-order valence-corrected chi connectivity index (χ0v) is 8.44. The first-order valence-electron chi connectivity index (χ1n) is 4.45. The smallest absolute Gasteiger partial charge is 0.0755 e. The standard InChI is InChI=1S/C10H19B/c1-6-10(7(2)3)8(4)9(5)11/h7,9H,6H2,1-5H3/b10-8+. The summed E-state index contributed by atoms with van der Waals surface area (Å²) in [6, 6.07) is 0. The van der Waals surface area contributed by atoms with Crippen LogP contribution >= 0.6 is 0 Å². The quantitative estimate of drug-likeness (QED) is 0.427. The topological polar surface area (TPSA) is 0 Å². The van der Waals surface area contributed by atoms with Crippen molar-refractivity contribution < 1.29 is 0 Å². The van der Waals surface area contributed by atoms with Crippen LogP contribution in [0.1, 0.15) is 41.0 Å². The Labute approximate surface area is 72.5 Å². The van der Waals surface area contributed by atoms with Gasteiger partial charge in [0.15, 0.2) is 0 Å². The minimum Gasteiger partial charge on any atom is -0.0797 e. The van der Waals surface area contributed by atoms with Crippen LogP contribution in [-0.2, 0) is 0 Å². The third kappa shape index (κ3) is 3.13. The molecule has 0 rings (SSSR count). The lowest BCUT2D eigenvalue weighted by Gasteiger charge is -2.16. The van der Waals surface area contributed by atoms with Gasteiger partial charge in [0.25, 0.3) is 0 Å². The van der Waals surface area contributed by atoms with Crippen LogP contribution in [0.5, 0.6) is 0 Å². The average molecular weight is 150 g/mol. The molecule has 0 amide bonds. The van der Waals surface area contributed by atoms with Crippen LogP contribution in [0.25, 0.3) is 0 Å². The third-order valence-corrected chi connectivity index (χ3v) is 2.27. The molecule has 1 unspecified atom stereocenters. The van der Waals surface area contributed by atoms with Gasteiger partial charge < -0.3 is 0 Å². The molecule has 0 aromatic carbocycles. The summed E-state index contributed by atoms with van der Waals surface area (Å²) in [5.74, 6) is 0.860. The van der Waals surface area contributed by atoms with Crippen LogP contribution in [-0.4, -0.2) is 7.85 Å². The van der Waals surface area contributed by atoms with Crippen LogP contribution < -0.4 is 0 Å². The first-order chi connectivity index (χ1) is 5.00. The summed E-state index contributed by atoms with van der Waals surface area (Å²) >= 11 is 0. The monoisotopic (exact) mass is 150 g/mol. The molecule has 11 heavy (non-hydrogen) atoms. The van der Waals surface area contributed by atoms with E-state index in [0.29, 0.717) is 5.92 Å². The van der Waals surface area contributed by atoms with Crippen molar-refractivity contribution in [2.24, 2.45) is 5.92 Å². The van der Waals surface area contributed by atoms with E-state index in [2.05, 4.69) is 27.7 Å².